The number of hydrogen-bond acceptors (Lipinski definition) is 15. The average molecular weight is 1110 g/mol. The summed E-state index contributed by atoms with van der Waals surface area (Å²) in [5.41, 5.74) is 5.64. The molecule has 1 aliphatic carbocycles. The van der Waals surface area contributed by atoms with Gasteiger partial charge in [-0.2, -0.15) is 26.3 Å². The maximum atomic E-state index is 14.6. The number of piperazine rings is 1. The molecular weight excluding hydrogens is 1040 g/mol. The van der Waals surface area contributed by atoms with Gasteiger partial charge in [-0.3, -0.25) is 24.9 Å². The molecule has 25 heteroatoms. The van der Waals surface area contributed by atoms with Crippen molar-refractivity contribution in [2.24, 2.45) is 21.6 Å². The normalized spacial score (nSPS) is 19.8. The van der Waals surface area contributed by atoms with Crippen LogP contribution in [0.4, 0.5) is 41.9 Å². The number of hydrogen-bond donors (Lipinski definition) is 6. The van der Waals surface area contributed by atoms with Gasteiger partial charge in [0.15, 0.2) is 0 Å². The maximum absolute atomic E-state index is 14.6. The molecular formula is C54H67F6N11O8. The van der Waals surface area contributed by atoms with Gasteiger partial charge in [0.2, 0.25) is 11.9 Å². The van der Waals surface area contributed by atoms with Gasteiger partial charge in [0, 0.05) is 68.1 Å². The average Bonchev–Trinajstić information content (AvgIpc) is 4.25. The quantitative estimate of drug-likeness (QED) is 0.0378. The Hall–Kier alpha value is -7.01. The number of fused-ring (bicyclic) bond motifs is 2. The Bertz CT molecular complexity index is 2730. The first kappa shape index (κ1) is 59.6. The summed E-state index contributed by atoms with van der Waals surface area (Å²) in [7, 11) is 1.78. The van der Waals surface area contributed by atoms with Gasteiger partial charge >= 0.3 is 24.5 Å². The van der Waals surface area contributed by atoms with Gasteiger partial charge in [0.1, 0.15) is 12.1 Å². The third-order valence-electron chi connectivity index (χ3n) is 14.8. The number of aliphatic imine (C=N–C) groups is 1. The number of ether oxygens (including phenoxy) is 3. The van der Waals surface area contributed by atoms with Crippen molar-refractivity contribution in [2.45, 2.75) is 127 Å². The highest BCUT2D eigenvalue weighted by Gasteiger charge is 2.57. The molecule has 79 heavy (non-hydrogen) atoms. The molecule has 3 saturated heterocycles. The molecule has 4 aliphatic rings. The third-order valence-corrected chi connectivity index (χ3v) is 14.8. The molecule has 4 fully saturated rings. The second-order valence-electron chi connectivity index (χ2n) is 21.3. The summed E-state index contributed by atoms with van der Waals surface area (Å²) in [6.07, 6.45) is -4.31. The van der Waals surface area contributed by atoms with E-state index < -0.39 is 78.0 Å². The molecule has 2 bridgehead atoms. The Morgan fingerprint density at radius 3 is 1.82 bits per heavy atom. The number of hydrazine groups is 1. The lowest BCUT2D eigenvalue weighted by Gasteiger charge is -2.47. The monoisotopic (exact) mass is 1110 g/mol. The molecule has 19 nitrogen and oxygen atoms in total. The van der Waals surface area contributed by atoms with E-state index in [0.717, 1.165) is 71.2 Å². The van der Waals surface area contributed by atoms with E-state index in [-0.39, 0.29) is 19.0 Å². The number of aliphatic hydroxyl groups is 1. The summed E-state index contributed by atoms with van der Waals surface area (Å²) in [6.45, 7) is 4.86. The number of alkyl carbamates (subject to hydrolysis) is 2. The zero-order valence-corrected chi connectivity index (χ0v) is 44.7. The van der Waals surface area contributed by atoms with E-state index in [1.165, 1.54) is 0 Å². The number of methoxy groups -OCH3 is 2. The van der Waals surface area contributed by atoms with E-state index in [1.807, 2.05) is 10.6 Å². The van der Waals surface area contributed by atoms with Crippen LogP contribution in [-0.4, -0.2) is 163 Å². The first-order valence-electron chi connectivity index (χ1n) is 25.8. The number of benzene rings is 2. The van der Waals surface area contributed by atoms with Crippen molar-refractivity contribution in [3.05, 3.63) is 94.8 Å². The molecule has 428 valence electrons. The van der Waals surface area contributed by atoms with Gasteiger partial charge < -0.3 is 45.9 Å². The van der Waals surface area contributed by atoms with E-state index in [4.69, 9.17) is 10.5 Å². The predicted octanol–water partition coefficient (Wildman–Crippen LogP) is 5.01. The van der Waals surface area contributed by atoms with Crippen molar-refractivity contribution >= 4 is 41.9 Å². The number of amides is 4. The Morgan fingerprint density at radius 2 is 1.32 bits per heavy atom. The number of anilines is 1. The lowest BCUT2D eigenvalue weighted by atomic mass is 9.82. The minimum atomic E-state index is -5.07. The molecule has 4 heterocycles. The van der Waals surface area contributed by atoms with Gasteiger partial charge in [-0.1, -0.05) is 48.2 Å². The lowest BCUT2D eigenvalue weighted by Crippen LogP contribution is -2.63. The fourth-order valence-corrected chi connectivity index (χ4v) is 9.45. The molecule has 2 aromatic carbocycles. The SMILES string of the molecule is COC(=O)N[C@H](C(=O)N[C@@H](Cc1ccc(C#Cc2cnc(N3CC4CCC(C3)N4C3COC3)nc2)cc1)[C@@H](O)CN(Cc1ccc(C(N)=CC=NC2CC2)cc1)NC(=O)[C@@H](NC(=O)OC)C(C)(C)C(F)(F)F)C(C)(C)C(F)(F)F. The fourth-order valence-electron chi connectivity index (χ4n) is 9.45. The van der Waals surface area contributed by atoms with Crippen LogP contribution in [0.1, 0.15) is 81.2 Å². The second kappa shape index (κ2) is 25.0. The van der Waals surface area contributed by atoms with E-state index in [1.54, 1.807) is 73.2 Å². The highest BCUT2D eigenvalue weighted by molar-refractivity contribution is 5.87. The largest absolute Gasteiger partial charge is 0.453 e. The minimum Gasteiger partial charge on any atom is -0.453 e. The van der Waals surface area contributed by atoms with Crippen LogP contribution in [0.2, 0.25) is 0 Å². The molecule has 4 amide bonds. The van der Waals surface area contributed by atoms with Gasteiger partial charge in [-0.15, -0.1) is 0 Å². The van der Waals surface area contributed by atoms with Crippen molar-refractivity contribution < 1.29 is 64.8 Å². The summed E-state index contributed by atoms with van der Waals surface area (Å²) >= 11 is 0. The first-order valence-corrected chi connectivity index (χ1v) is 25.8. The zero-order valence-electron chi connectivity index (χ0n) is 44.7. The highest BCUT2D eigenvalue weighted by Crippen LogP contribution is 2.42. The number of alkyl halides is 6. The van der Waals surface area contributed by atoms with E-state index >= 15 is 0 Å². The third kappa shape index (κ3) is 15.0. The van der Waals surface area contributed by atoms with Crippen LogP contribution in [0.3, 0.4) is 0 Å². The predicted molar refractivity (Wildman–Crippen MR) is 279 cm³/mol. The van der Waals surface area contributed by atoms with Crippen LogP contribution in [0.25, 0.3) is 5.70 Å². The fraction of sp³-hybridized carbons (Fsp3) is 0.537. The number of nitrogens with one attached hydrogen (secondary N) is 4. The molecule has 3 aliphatic heterocycles. The highest BCUT2D eigenvalue weighted by atomic mass is 19.4. The summed E-state index contributed by atoms with van der Waals surface area (Å²) in [5.74, 6) is 3.92. The molecule has 7 N–H and O–H groups in total. The molecule has 3 aromatic rings. The summed E-state index contributed by atoms with van der Waals surface area (Å²) < 4.78 is 102. The van der Waals surface area contributed by atoms with E-state index in [0.29, 0.717) is 85.3 Å². The van der Waals surface area contributed by atoms with Crippen LogP contribution in [0, 0.1) is 22.7 Å². The molecule has 6 atom stereocenters. The number of carbonyl (C=O) groups excluding carboxylic acids is 4. The number of nitrogens with zero attached hydrogens (tertiary/aromatic N) is 6. The number of aromatic nitrogens is 2. The Balaban J connectivity index is 1.14. The standard InChI is InChI=1S/C54H67F6N11O8/c1-51(2,53(55,56)57)44(66-49(75)77-5)46(73)65-42(23-33-10-7-32(8-11-33)9-12-35-24-63-48(64-25-35)69-27-38-19-20-39(28-69)71(38)40-30-79-31-40)43(72)29-70(68-47(74)45(67-50(76)78-6)52(3,4)54(58,59)60)26-34-13-15-36(16-14-34)41(61)21-22-62-37-17-18-37/h7-8,10-11,13-16,21-22,24-25,37-40,42-45,72H,17-20,23,26-31,61H2,1-6H3,(H,65,73)(H,66,75)(H,67,76)(H,68,74)/t38?,39?,42-,43-,44+,45+/m0/s1. The molecule has 2 unspecified atom stereocenters. The Kier molecular flexibility index (Phi) is 18.9. The number of carbonyl (C=O) groups is 4. The second-order valence-corrected chi connectivity index (χ2v) is 21.3. The number of rotatable bonds is 20. The van der Waals surface area contributed by atoms with Crippen molar-refractivity contribution in [2.75, 3.05) is 52.0 Å². The van der Waals surface area contributed by atoms with Gasteiger partial charge in [0.25, 0.3) is 5.91 Å². The molecule has 1 aromatic heterocycles. The number of aliphatic hydroxyl groups excluding tert-OH is 1. The first-order chi connectivity index (χ1) is 37.3. The van der Waals surface area contributed by atoms with Crippen molar-refractivity contribution in [3.8, 4) is 11.8 Å². The number of halogens is 6. The molecule has 0 radical (unpaired) electrons. The minimum absolute atomic E-state index is 0.251. The lowest BCUT2D eigenvalue weighted by molar-refractivity contribution is -0.221. The van der Waals surface area contributed by atoms with Crippen LogP contribution >= 0.6 is 0 Å². The van der Waals surface area contributed by atoms with Crippen LogP contribution < -0.4 is 32.0 Å². The molecule has 0 spiro atoms. The van der Waals surface area contributed by atoms with Gasteiger partial charge in [0.05, 0.1) is 68.1 Å². The van der Waals surface area contributed by atoms with Crippen LogP contribution in [0.15, 0.2) is 72.0 Å². The smallest absolute Gasteiger partial charge is 0.407 e. The van der Waals surface area contributed by atoms with Crippen molar-refractivity contribution in [1.82, 2.24) is 41.3 Å². The van der Waals surface area contributed by atoms with E-state index in [9.17, 15) is 50.6 Å². The number of allylic oxidation sites excluding steroid dienone is 1. The topological polar surface area (TPSA) is 238 Å². The summed E-state index contributed by atoms with van der Waals surface area (Å²) in [6, 6.07) is 8.28. The Labute approximate surface area is 454 Å². The van der Waals surface area contributed by atoms with Crippen LogP contribution in [0.5, 0.6) is 0 Å². The maximum Gasteiger partial charge on any atom is 0.407 e. The summed E-state index contributed by atoms with van der Waals surface area (Å²) in [5, 5.41) is 19.5. The molecule has 7 rings (SSSR count). The summed E-state index contributed by atoms with van der Waals surface area (Å²) in [4.78, 5) is 71.4. The zero-order chi connectivity index (χ0) is 57.5. The van der Waals surface area contributed by atoms with Crippen molar-refractivity contribution in [1.29, 1.82) is 0 Å². The Morgan fingerprint density at radius 1 is 0.785 bits per heavy atom. The van der Waals surface area contributed by atoms with Gasteiger partial charge in [-0.25, -0.2) is 24.6 Å². The van der Waals surface area contributed by atoms with E-state index in [2.05, 4.69) is 56.8 Å². The number of nitrogens with two attached hydrogens (primary N) is 1. The van der Waals surface area contributed by atoms with Crippen molar-refractivity contribution in [3.63, 3.8) is 0 Å². The van der Waals surface area contributed by atoms with Gasteiger partial charge in [-0.05, 0) is 94.7 Å². The molecule has 1 saturated carbocycles. The van der Waals surface area contributed by atoms with Crippen LogP contribution in [-0.2, 0) is 36.8 Å².